The first-order valence-electron chi connectivity index (χ1n) is 10.1. The van der Waals surface area contributed by atoms with Crippen LogP contribution < -0.4 is 5.32 Å². The van der Waals surface area contributed by atoms with Crippen LogP contribution in [0.2, 0.25) is 0 Å². The van der Waals surface area contributed by atoms with E-state index in [0.717, 1.165) is 41.3 Å². The Labute approximate surface area is 182 Å². The van der Waals surface area contributed by atoms with Crippen molar-refractivity contribution in [1.82, 2.24) is 15.5 Å². The molecule has 0 aliphatic carbocycles. The van der Waals surface area contributed by atoms with E-state index in [1.165, 1.54) is 10.9 Å². The van der Waals surface area contributed by atoms with Crippen LogP contribution in [-0.4, -0.2) is 21.3 Å². The first-order chi connectivity index (χ1) is 14.0. The molecule has 0 fully saturated rings. The van der Waals surface area contributed by atoms with E-state index in [0.29, 0.717) is 12.5 Å². The van der Waals surface area contributed by atoms with Crippen LogP contribution in [0.3, 0.4) is 0 Å². The van der Waals surface area contributed by atoms with Crippen LogP contribution >= 0.6 is 12.4 Å². The second-order valence-electron chi connectivity index (χ2n) is 8.08. The van der Waals surface area contributed by atoms with Crippen molar-refractivity contribution in [3.8, 4) is 0 Å². The van der Waals surface area contributed by atoms with Gasteiger partial charge in [0.25, 0.3) is 0 Å². The van der Waals surface area contributed by atoms with Crippen LogP contribution in [0.4, 0.5) is 0 Å². The molecule has 0 amide bonds. The molecule has 2 aromatic heterocycles. The third-order valence-corrected chi connectivity index (χ3v) is 5.63. The van der Waals surface area contributed by atoms with E-state index in [-0.39, 0.29) is 12.4 Å². The smallest absolute Gasteiger partial charge is 0.166 e. The molecule has 0 spiro atoms. The molecule has 5 nitrogen and oxygen atoms in total. The fourth-order valence-electron chi connectivity index (χ4n) is 3.74. The number of nitrogens with one attached hydrogen (secondary N) is 1. The average molecular weight is 426 g/mol. The Morgan fingerprint density at radius 2 is 1.93 bits per heavy atom. The predicted octanol–water partition coefficient (Wildman–Crippen LogP) is 5.35. The fraction of sp³-hybridized carbons (Fsp3) is 0.333. The molecule has 158 valence electrons. The molecule has 2 atom stereocenters. The fourth-order valence-corrected chi connectivity index (χ4v) is 3.74. The lowest BCUT2D eigenvalue weighted by Crippen LogP contribution is -2.27. The monoisotopic (exact) mass is 425 g/mol. The van der Waals surface area contributed by atoms with Crippen molar-refractivity contribution in [3.63, 3.8) is 0 Å². The summed E-state index contributed by atoms with van der Waals surface area (Å²) in [4.78, 5) is 4.16. The van der Waals surface area contributed by atoms with Crippen molar-refractivity contribution in [2.75, 3.05) is 0 Å². The molecular weight excluding hydrogens is 398 g/mol. The normalized spacial score (nSPS) is 14.4. The molecule has 4 rings (SSSR count). The molecule has 0 bridgehead atoms. The molecule has 0 saturated carbocycles. The van der Waals surface area contributed by atoms with Gasteiger partial charge < -0.3 is 14.9 Å². The van der Waals surface area contributed by atoms with E-state index in [2.05, 4.69) is 40.6 Å². The van der Waals surface area contributed by atoms with Crippen LogP contribution in [0.15, 0.2) is 65.6 Å². The summed E-state index contributed by atoms with van der Waals surface area (Å²) in [6.07, 6.45) is 8.05. The summed E-state index contributed by atoms with van der Waals surface area (Å²) in [6, 6.07) is 14.6. The molecule has 4 aromatic rings. The third kappa shape index (κ3) is 5.17. The maximum atomic E-state index is 10.9. The van der Waals surface area contributed by atoms with Crippen molar-refractivity contribution in [2.45, 2.75) is 51.3 Å². The Kier molecular flexibility index (Phi) is 7.08. The number of hydrogen-bond donors (Lipinski definition) is 2. The molecule has 6 heteroatoms. The minimum absolute atomic E-state index is 0. The number of hydrogen-bond acceptors (Lipinski definition) is 5. The van der Waals surface area contributed by atoms with Gasteiger partial charge in [0.1, 0.15) is 0 Å². The van der Waals surface area contributed by atoms with E-state index in [9.17, 15) is 5.11 Å². The highest BCUT2D eigenvalue weighted by Crippen LogP contribution is 2.29. The summed E-state index contributed by atoms with van der Waals surface area (Å²) in [6.45, 7) is 4.91. The van der Waals surface area contributed by atoms with E-state index >= 15 is 0 Å². The minimum Gasteiger partial charge on any atom is -0.385 e. The van der Waals surface area contributed by atoms with Crippen LogP contribution in [0.5, 0.6) is 0 Å². The predicted molar refractivity (Wildman–Crippen MR) is 123 cm³/mol. The van der Waals surface area contributed by atoms with Crippen LogP contribution in [0.1, 0.15) is 44.2 Å². The lowest BCUT2D eigenvalue weighted by Gasteiger charge is -2.25. The summed E-state index contributed by atoms with van der Waals surface area (Å²) < 4.78 is 5.14. The minimum atomic E-state index is -0.864. The second kappa shape index (κ2) is 9.56. The molecule has 0 saturated heterocycles. The summed E-state index contributed by atoms with van der Waals surface area (Å²) in [5.41, 5.74) is 2.05. The zero-order valence-corrected chi connectivity index (χ0v) is 18.2. The second-order valence-corrected chi connectivity index (χ2v) is 8.08. The lowest BCUT2D eigenvalue weighted by molar-refractivity contribution is 0.0445. The molecule has 2 N–H and O–H groups in total. The summed E-state index contributed by atoms with van der Waals surface area (Å²) in [5.74, 6) is 0. The van der Waals surface area contributed by atoms with Gasteiger partial charge in [0.05, 0.1) is 11.8 Å². The van der Waals surface area contributed by atoms with Crippen molar-refractivity contribution in [1.29, 1.82) is 0 Å². The van der Waals surface area contributed by atoms with Gasteiger partial charge in [-0.25, -0.2) is 0 Å². The molecule has 0 radical (unpaired) electrons. The van der Waals surface area contributed by atoms with Crippen LogP contribution in [-0.2, 0) is 12.1 Å². The van der Waals surface area contributed by atoms with Crippen molar-refractivity contribution >= 4 is 34.1 Å². The van der Waals surface area contributed by atoms with Gasteiger partial charge in [-0.3, -0.25) is 4.98 Å². The zero-order chi connectivity index (χ0) is 20.3. The van der Waals surface area contributed by atoms with E-state index in [4.69, 9.17) is 4.52 Å². The maximum absolute atomic E-state index is 10.9. The zero-order valence-electron chi connectivity index (χ0n) is 17.3. The summed E-state index contributed by atoms with van der Waals surface area (Å²) in [5, 5.41) is 21.6. The lowest BCUT2D eigenvalue weighted by atomic mass is 9.89. The van der Waals surface area contributed by atoms with Crippen molar-refractivity contribution in [3.05, 3.63) is 72.2 Å². The highest BCUT2D eigenvalue weighted by Gasteiger charge is 2.23. The van der Waals surface area contributed by atoms with Crippen molar-refractivity contribution in [2.24, 2.45) is 0 Å². The summed E-state index contributed by atoms with van der Waals surface area (Å²) in [7, 11) is 0. The van der Waals surface area contributed by atoms with Gasteiger partial charge in [-0.2, -0.15) is 0 Å². The molecular formula is C24H28ClN3O2. The highest BCUT2D eigenvalue weighted by atomic mass is 35.5. The van der Waals surface area contributed by atoms with E-state index in [1.807, 2.05) is 43.6 Å². The van der Waals surface area contributed by atoms with E-state index in [1.54, 1.807) is 6.20 Å². The van der Waals surface area contributed by atoms with Crippen LogP contribution in [0, 0.1) is 0 Å². The number of pyridine rings is 1. The molecule has 30 heavy (non-hydrogen) atoms. The van der Waals surface area contributed by atoms with Crippen molar-refractivity contribution < 1.29 is 9.63 Å². The summed E-state index contributed by atoms with van der Waals surface area (Å²) >= 11 is 0. The number of aromatic nitrogens is 2. The van der Waals surface area contributed by atoms with Crippen LogP contribution in [0.25, 0.3) is 21.7 Å². The first kappa shape index (κ1) is 22.2. The number of nitrogens with zero attached hydrogens (tertiary/aromatic N) is 2. The molecule has 0 aliphatic heterocycles. The maximum Gasteiger partial charge on any atom is 0.166 e. The van der Waals surface area contributed by atoms with Gasteiger partial charge in [0, 0.05) is 35.8 Å². The van der Waals surface area contributed by atoms with Gasteiger partial charge in [-0.15, -0.1) is 12.4 Å². The molecule has 1 unspecified atom stereocenters. The molecule has 2 heterocycles. The first-order valence-corrected chi connectivity index (χ1v) is 10.1. The largest absolute Gasteiger partial charge is 0.385 e. The standard InChI is InChI=1S/C24H27N3O2.ClH/c1-17(26-14-18-5-6-20-15-25-11-9-19(20)12-18)4-3-10-24(2,28)22-7-8-23-21(13-22)16-27-29-23;/h5-9,11-13,15-17,26,28H,3-4,10,14H2,1-2H3;1H/t17-,24?;/m1./s1. The highest BCUT2D eigenvalue weighted by molar-refractivity contribution is 5.85. The number of aliphatic hydroxyl groups is 1. The van der Waals surface area contributed by atoms with Gasteiger partial charge in [-0.05, 0) is 73.9 Å². The SMILES string of the molecule is C[C@H](CCCC(C)(O)c1ccc2oncc2c1)NCc1ccc2cnccc2c1.Cl. The Hall–Kier alpha value is -2.47. The van der Waals surface area contributed by atoms with Gasteiger partial charge in [0.2, 0.25) is 0 Å². The molecule has 0 aliphatic rings. The Balaban J connectivity index is 0.00000256. The average Bonchev–Trinajstić information content (AvgIpc) is 3.20. The third-order valence-electron chi connectivity index (χ3n) is 5.63. The topological polar surface area (TPSA) is 71.2 Å². The quantitative estimate of drug-likeness (QED) is 0.398. The number of halogens is 1. The van der Waals surface area contributed by atoms with Gasteiger partial charge in [-0.1, -0.05) is 23.4 Å². The Morgan fingerprint density at radius 3 is 2.80 bits per heavy atom. The number of rotatable bonds is 8. The number of fused-ring (bicyclic) bond motifs is 2. The van der Waals surface area contributed by atoms with Gasteiger partial charge in [0.15, 0.2) is 5.58 Å². The molecule has 2 aromatic carbocycles. The number of benzene rings is 2. The Bertz CT molecular complexity index is 1110. The van der Waals surface area contributed by atoms with Gasteiger partial charge >= 0.3 is 0 Å². The van der Waals surface area contributed by atoms with E-state index < -0.39 is 5.60 Å². The Morgan fingerprint density at radius 1 is 1.07 bits per heavy atom.